The normalized spacial score (nSPS) is 12.4. The summed E-state index contributed by atoms with van der Waals surface area (Å²) < 4.78 is 12.2. The van der Waals surface area contributed by atoms with Crippen LogP contribution in [0, 0.1) is 22.4 Å². The van der Waals surface area contributed by atoms with Gasteiger partial charge in [-0.05, 0) is 65.2 Å². The number of thioether (sulfide) groups is 4. The van der Waals surface area contributed by atoms with Gasteiger partial charge in [0.2, 0.25) is 6.55 Å². The molecule has 364 valence electrons. The van der Waals surface area contributed by atoms with Gasteiger partial charge in [-0.1, -0.05) is 179 Å². The Kier molecular flexibility index (Phi) is 35.0. The van der Waals surface area contributed by atoms with Gasteiger partial charge in [-0.25, -0.2) is 4.79 Å². The summed E-state index contributed by atoms with van der Waals surface area (Å²) in [6.45, 7) is 21.3. The van der Waals surface area contributed by atoms with Crippen LogP contribution in [0.15, 0.2) is 48.5 Å². The number of ether oxygens (including phenoxy) is 1. The van der Waals surface area contributed by atoms with Gasteiger partial charge in [0.05, 0.1) is 7.51 Å². The molecule has 0 heterocycles. The molecule has 0 aromatic heterocycles. The van der Waals surface area contributed by atoms with Crippen LogP contribution < -0.4 is 5.32 Å². The number of hydrogen-bond acceptors (Lipinski definition) is 17. The zero-order valence-corrected chi connectivity index (χ0v) is 48.9. The van der Waals surface area contributed by atoms with E-state index in [9.17, 15) is 24.0 Å². The van der Waals surface area contributed by atoms with Crippen molar-refractivity contribution in [3.8, 4) is 11.1 Å². The van der Waals surface area contributed by atoms with E-state index in [4.69, 9.17) is 6.17 Å². The number of carbonyl (C=O) groups excluding carboxylic acids is 5. The number of fused-ring (bicyclic) bond motifs is 3. The third-order valence-electron chi connectivity index (χ3n) is 8.02. The molecule has 2 aromatic carbocycles. The summed E-state index contributed by atoms with van der Waals surface area (Å²) in [5.74, 6) is 7.05. The van der Waals surface area contributed by atoms with Crippen LogP contribution in [0.1, 0.15) is 93.2 Å². The minimum atomic E-state index is -1.03. The van der Waals surface area contributed by atoms with E-state index in [0.29, 0.717) is 25.6 Å². The van der Waals surface area contributed by atoms with Gasteiger partial charge in [0.25, 0.3) is 0 Å². The summed E-state index contributed by atoms with van der Waals surface area (Å²) in [6, 6.07) is 16.4. The molecule has 21 heteroatoms. The minimum Gasteiger partial charge on any atom is -0.449 e. The van der Waals surface area contributed by atoms with Crippen molar-refractivity contribution in [2.24, 2.45) is 16.2 Å². The van der Waals surface area contributed by atoms with E-state index < -0.39 is 11.6 Å². The van der Waals surface area contributed by atoms with Gasteiger partial charge in [-0.3, -0.25) is 19.2 Å². The number of hydroxylamine groups is 1. The zero-order valence-electron chi connectivity index (χ0n) is 40.6. The summed E-state index contributed by atoms with van der Waals surface area (Å²) in [6.07, 6.45) is -0.590. The van der Waals surface area contributed by atoms with E-state index in [1.54, 1.807) is 35.4 Å². The van der Waals surface area contributed by atoms with Gasteiger partial charge in [-0.15, -0.1) is 4.83 Å². The number of hydrogen-bond donors (Lipinski definition) is 5. The number of nitrogens with one attached hydrogen (secondary N) is 1. The minimum absolute atomic E-state index is 0. The summed E-state index contributed by atoms with van der Waals surface area (Å²) in [4.78, 5) is 61.1. The van der Waals surface area contributed by atoms with Gasteiger partial charge < -0.3 is 15.3 Å². The maximum absolute atomic E-state index is 12.7. The quantitative estimate of drug-likeness (QED) is 0.0301. The fourth-order valence-corrected chi connectivity index (χ4v) is 11.6. The largest absolute Gasteiger partial charge is 0.449 e. The van der Waals surface area contributed by atoms with Crippen LogP contribution >= 0.6 is 114 Å². The second-order valence-corrected chi connectivity index (χ2v) is 26.8. The maximum Gasteiger partial charge on any atom is 0.407 e. The van der Waals surface area contributed by atoms with Crippen molar-refractivity contribution in [2.75, 3.05) is 64.9 Å². The number of carbonyl (C=O) groups is 5. The molecule has 0 fully saturated rings. The predicted molar refractivity (Wildman–Crippen MR) is 300 cm³/mol. The fourth-order valence-electron chi connectivity index (χ4n) is 4.62. The molecule has 0 aliphatic heterocycles. The smallest absolute Gasteiger partial charge is 0.407 e. The van der Waals surface area contributed by atoms with E-state index in [2.05, 4.69) is 84.5 Å². The first-order valence-electron chi connectivity index (χ1n) is 20.9. The molecule has 1 amide bonds. The molecule has 0 spiro atoms. The number of benzene rings is 2. The fraction of sp³-hybridized carbons (Fsp3) is 0.614. The molecule has 3 rings (SSSR count). The standard InChI is InChI=1S/C28H35NO4S4.C7H14NO2PS2.C7H14OS2.C2H6S2.He/c1-27(2,3)24(30)34-14-16-36-37-17-15-35-25(31)28(4,5)29-26(32)33-18-23-21-12-8-6-10-19(21)20-11-7-9-13-22(20)23;1-7(2,3)6(9)13-5-4-8(10)11-12;1-7(2,3)6(8)10-5-4-9;3-1-2-4;/h6-13,23H,14-18H2,1-5H3,(H,29,32);10H,4-5H2,1-3H3;9H,4-5H2,1-3H3;3-4H,1-2H2;/i;10T;;;. The molecule has 2 aromatic rings. The van der Waals surface area contributed by atoms with Crippen LogP contribution in [0.2, 0.25) is 1.43 Å². The molecule has 1 aliphatic rings. The van der Waals surface area contributed by atoms with Crippen molar-refractivity contribution >= 4 is 152 Å². The Labute approximate surface area is 439 Å². The molecule has 9 nitrogen and oxygen atoms in total. The van der Waals surface area contributed by atoms with Crippen LogP contribution in [0.5, 0.6) is 0 Å². The Bertz CT molecular complexity index is 1740. The summed E-state index contributed by atoms with van der Waals surface area (Å²) in [7, 11) is 3.88. The van der Waals surface area contributed by atoms with Gasteiger partial charge in [0.1, 0.15) is 12.1 Å². The first kappa shape index (κ1) is 64.9. The molecule has 0 atom stereocenters. The van der Waals surface area contributed by atoms with Crippen molar-refractivity contribution in [3.05, 3.63) is 59.7 Å². The topological polar surface area (TPSA) is 130 Å². The second-order valence-electron chi connectivity index (χ2n) is 17.3. The van der Waals surface area contributed by atoms with Crippen LogP contribution in [0.3, 0.4) is 0 Å². The molecule has 2 N–H and O–H groups in total. The predicted octanol–water partition coefficient (Wildman–Crippen LogP) is 12.6. The van der Waals surface area contributed by atoms with Crippen molar-refractivity contribution in [2.45, 2.75) is 87.6 Å². The Morgan fingerprint density at radius 2 is 1.06 bits per heavy atom. The van der Waals surface area contributed by atoms with E-state index in [1.807, 2.05) is 86.6 Å². The first-order valence-corrected chi connectivity index (χ1v) is 30.6. The third kappa shape index (κ3) is 29.0. The van der Waals surface area contributed by atoms with Crippen molar-refractivity contribution in [3.63, 3.8) is 0 Å². The maximum atomic E-state index is 12.7. The second kappa shape index (κ2) is 35.1. The van der Waals surface area contributed by atoms with E-state index in [1.165, 1.54) is 63.0 Å². The number of amides is 1. The van der Waals surface area contributed by atoms with Crippen molar-refractivity contribution in [1.82, 2.24) is 10.2 Å². The van der Waals surface area contributed by atoms with Gasteiger partial charge in [0.15, 0.2) is 15.3 Å². The van der Waals surface area contributed by atoms with Crippen molar-refractivity contribution in [1.29, 1.82) is 0 Å². The van der Waals surface area contributed by atoms with Gasteiger partial charge in [-0.2, -0.15) is 37.9 Å². The molecule has 0 bridgehead atoms. The van der Waals surface area contributed by atoms with E-state index in [0.717, 1.165) is 51.4 Å². The molecule has 1 aliphatic carbocycles. The Morgan fingerprint density at radius 1 is 0.662 bits per heavy atom. The molecule has 0 unspecified atom stereocenters. The van der Waals surface area contributed by atoms with Crippen LogP contribution in [0.25, 0.3) is 11.1 Å². The van der Waals surface area contributed by atoms with Crippen LogP contribution in [-0.4, -0.2) is 107 Å². The van der Waals surface area contributed by atoms with Crippen molar-refractivity contribution < 1.29 is 41.5 Å². The third-order valence-corrected chi connectivity index (χ3v) is 18.2. The van der Waals surface area contributed by atoms with E-state index in [-0.39, 0.29) is 55.4 Å². The molecule has 0 saturated carbocycles. The Hall–Kier alpha value is -0.111. The van der Waals surface area contributed by atoms with Gasteiger partial charge in [0, 0.05) is 69.4 Å². The Morgan fingerprint density at radius 3 is 1.45 bits per heavy atom. The number of alkyl carbamates (subject to hydrolysis) is 1. The van der Waals surface area contributed by atoms with E-state index >= 15 is 0 Å². The number of rotatable bonds is 19. The Balaban J connectivity index is 0. The first-order chi connectivity index (χ1) is 30.3. The average Bonchev–Trinajstić information content (AvgIpc) is 3.56. The summed E-state index contributed by atoms with van der Waals surface area (Å²) in [5, 5.41) is 7.46. The summed E-state index contributed by atoms with van der Waals surface area (Å²) >= 11 is 21.6. The van der Waals surface area contributed by atoms with Crippen LogP contribution in [-0.2, 0) is 35.7 Å². The molecular formula is C44H69HeN2O7PS10. The van der Waals surface area contributed by atoms with Crippen LogP contribution in [0.4, 0.5) is 4.79 Å². The number of nitrogens with zero attached hydrogens (tertiary/aromatic N) is 1. The molecule has 65 heavy (non-hydrogen) atoms. The van der Waals surface area contributed by atoms with Gasteiger partial charge >= 0.3 is 6.09 Å². The molecular weight excluding hydrogens is 1020 g/mol. The molecule has 0 saturated heterocycles. The zero-order chi connectivity index (χ0) is 49.9. The number of thiol groups is 3. The average molecular weight is 1100 g/mol. The monoisotopic (exact) mass is 1090 g/mol. The summed E-state index contributed by atoms with van der Waals surface area (Å²) in [5.41, 5.74) is 2.79. The molecule has 0 radical (unpaired) electrons. The SMILES string of the molecule is CC(C)(C)C(=O)SCCS.CC(C)(C)C(=O)SCCSSCCSC(=O)C(C)(C)NC(=O)OCC1c2ccccc2-c2ccccc21.SCCS.[3H]ON(CCSC(=O)C(C)(C)C)P=S.[He].